The molecule has 80 valence electrons. The van der Waals surface area contributed by atoms with Gasteiger partial charge in [0.2, 0.25) is 0 Å². The Morgan fingerprint density at radius 1 is 1.40 bits per heavy atom. The third kappa shape index (κ3) is 1.72. The molecule has 1 aliphatic carbocycles. The molecular weight excluding hydrogens is 214 g/mol. The quantitative estimate of drug-likeness (QED) is 0.842. The van der Waals surface area contributed by atoms with Gasteiger partial charge in [0, 0.05) is 6.20 Å². The van der Waals surface area contributed by atoms with Gasteiger partial charge in [-0.25, -0.2) is 0 Å². The lowest BCUT2D eigenvalue weighted by Gasteiger charge is -2.22. The number of pyridine rings is 1. The summed E-state index contributed by atoms with van der Waals surface area (Å²) in [5, 5.41) is 9.85. The second-order valence-corrected chi connectivity index (χ2v) is 4.39. The van der Waals surface area contributed by atoms with E-state index in [0.29, 0.717) is 23.6 Å². The Kier molecular flexibility index (Phi) is 2.65. The molecule has 0 saturated heterocycles. The van der Waals surface area contributed by atoms with Crippen molar-refractivity contribution >= 4 is 17.6 Å². The van der Waals surface area contributed by atoms with E-state index in [4.69, 9.17) is 11.6 Å². The maximum Gasteiger partial charge on any atom is 0.315 e. The molecule has 3 nitrogen and oxygen atoms in total. The van der Waals surface area contributed by atoms with E-state index in [1.807, 2.05) is 0 Å². The average Bonchev–Trinajstić information content (AvgIpc) is 2.69. The van der Waals surface area contributed by atoms with Crippen LogP contribution in [0, 0.1) is 0 Å². The molecule has 1 aromatic rings. The molecule has 0 amide bonds. The molecule has 1 aromatic heterocycles. The Labute approximate surface area is 93.1 Å². The number of aliphatic carboxylic acids is 1. The lowest BCUT2D eigenvalue weighted by molar-refractivity contribution is -0.143. The van der Waals surface area contributed by atoms with Gasteiger partial charge in [0.05, 0.1) is 10.7 Å². The van der Waals surface area contributed by atoms with Gasteiger partial charge in [-0.1, -0.05) is 24.4 Å². The summed E-state index contributed by atoms with van der Waals surface area (Å²) in [6.07, 6.45) is 4.78. The van der Waals surface area contributed by atoms with Gasteiger partial charge in [-0.15, -0.1) is 0 Å². The van der Waals surface area contributed by atoms with E-state index in [0.717, 1.165) is 12.8 Å². The van der Waals surface area contributed by atoms with Gasteiger partial charge >= 0.3 is 5.97 Å². The summed E-state index contributed by atoms with van der Waals surface area (Å²) in [4.78, 5) is 15.5. The largest absolute Gasteiger partial charge is 0.481 e. The van der Waals surface area contributed by atoms with Crippen molar-refractivity contribution in [3.63, 3.8) is 0 Å². The fourth-order valence-corrected chi connectivity index (χ4v) is 2.33. The van der Waals surface area contributed by atoms with Crippen molar-refractivity contribution in [2.24, 2.45) is 0 Å². The second-order valence-electron chi connectivity index (χ2n) is 3.96. The topological polar surface area (TPSA) is 50.2 Å². The molecule has 0 spiro atoms. The summed E-state index contributed by atoms with van der Waals surface area (Å²) in [5.74, 6) is -0.769. The highest BCUT2D eigenvalue weighted by Crippen LogP contribution is 2.40. The van der Waals surface area contributed by atoms with Crippen LogP contribution in [-0.2, 0) is 10.2 Å². The van der Waals surface area contributed by atoms with Crippen LogP contribution in [0.5, 0.6) is 0 Å². The molecule has 0 unspecified atom stereocenters. The summed E-state index contributed by atoms with van der Waals surface area (Å²) in [5.41, 5.74) is -0.137. The Morgan fingerprint density at radius 3 is 2.53 bits per heavy atom. The zero-order valence-corrected chi connectivity index (χ0v) is 9.00. The minimum absolute atomic E-state index is 0.539. The fourth-order valence-electron chi connectivity index (χ4n) is 2.22. The first-order valence-corrected chi connectivity index (χ1v) is 5.38. The molecule has 1 aliphatic rings. The molecule has 1 N–H and O–H groups in total. The molecule has 0 atom stereocenters. The van der Waals surface area contributed by atoms with Gasteiger partial charge in [0.15, 0.2) is 0 Å². The number of halogens is 1. The maximum absolute atomic E-state index is 11.3. The predicted molar refractivity (Wildman–Crippen MR) is 57.0 cm³/mol. The third-order valence-corrected chi connectivity index (χ3v) is 3.31. The Balaban J connectivity index is 2.41. The van der Waals surface area contributed by atoms with Gasteiger partial charge < -0.3 is 5.11 Å². The third-order valence-electron chi connectivity index (χ3n) is 3.08. The molecule has 0 aliphatic heterocycles. The summed E-state index contributed by atoms with van der Waals surface area (Å²) < 4.78 is 0. The fraction of sp³-hybridized carbons (Fsp3) is 0.455. The predicted octanol–water partition coefficient (Wildman–Crippen LogP) is 2.63. The number of hydrogen-bond acceptors (Lipinski definition) is 2. The standard InChI is InChI=1S/C11H12ClNO2/c12-8-3-4-9(13-7-8)11(10(14)15)5-1-2-6-11/h3-4,7H,1-2,5-6H2,(H,14,15). The van der Waals surface area contributed by atoms with Crippen LogP contribution in [0.2, 0.25) is 5.02 Å². The zero-order valence-electron chi connectivity index (χ0n) is 8.24. The number of nitrogens with zero attached hydrogens (tertiary/aromatic N) is 1. The molecule has 2 rings (SSSR count). The molecule has 0 radical (unpaired) electrons. The van der Waals surface area contributed by atoms with Crippen molar-refractivity contribution in [1.82, 2.24) is 4.98 Å². The lowest BCUT2D eigenvalue weighted by Crippen LogP contribution is -2.33. The van der Waals surface area contributed by atoms with Crippen LogP contribution in [0.1, 0.15) is 31.4 Å². The summed E-state index contributed by atoms with van der Waals surface area (Å²) in [6, 6.07) is 3.43. The van der Waals surface area contributed by atoms with Gasteiger partial charge in [-0.05, 0) is 25.0 Å². The van der Waals surface area contributed by atoms with Crippen molar-refractivity contribution in [3.05, 3.63) is 29.0 Å². The Morgan fingerprint density at radius 2 is 2.07 bits per heavy atom. The summed E-state index contributed by atoms with van der Waals surface area (Å²) in [6.45, 7) is 0. The van der Waals surface area contributed by atoms with E-state index >= 15 is 0 Å². The molecule has 1 heterocycles. The van der Waals surface area contributed by atoms with E-state index in [1.54, 1.807) is 12.1 Å². The second kappa shape index (κ2) is 3.81. The molecule has 4 heteroatoms. The van der Waals surface area contributed by atoms with Crippen molar-refractivity contribution in [2.45, 2.75) is 31.1 Å². The van der Waals surface area contributed by atoms with Crippen LogP contribution in [0.4, 0.5) is 0 Å². The van der Waals surface area contributed by atoms with Gasteiger partial charge in [0.1, 0.15) is 5.41 Å². The highest BCUT2D eigenvalue weighted by Gasteiger charge is 2.44. The van der Waals surface area contributed by atoms with Crippen LogP contribution in [0.25, 0.3) is 0 Å². The molecule has 0 bridgehead atoms. The van der Waals surface area contributed by atoms with Crippen molar-refractivity contribution in [2.75, 3.05) is 0 Å². The van der Waals surface area contributed by atoms with Crippen LogP contribution < -0.4 is 0 Å². The number of hydrogen-bond donors (Lipinski definition) is 1. The van der Waals surface area contributed by atoms with E-state index in [2.05, 4.69) is 4.98 Å². The van der Waals surface area contributed by atoms with E-state index < -0.39 is 11.4 Å². The monoisotopic (exact) mass is 225 g/mol. The van der Waals surface area contributed by atoms with Gasteiger partial charge in [-0.2, -0.15) is 0 Å². The molecule has 0 aromatic carbocycles. The SMILES string of the molecule is O=C(O)C1(c2ccc(Cl)cn2)CCCC1. The minimum Gasteiger partial charge on any atom is -0.481 e. The van der Waals surface area contributed by atoms with Gasteiger partial charge in [0.25, 0.3) is 0 Å². The Hall–Kier alpha value is -1.09. The molecule has 1 saturated carbocycles. The number of carboxylic acids is 1. The van der Waals surface area contributed by atoms with E-state index in [1.165, 1.54) is 6.20 Å². The zero-order chi connectivity index (χ0) is 10.9. The highest BCUT2D eigenvalue weighted by molar-refractivity contribution is 6.30. The molecule has 15 heavy (non-hydrogen) atoms. The minimum atomic E-state index is -0.773. The first kappa shape index (κ1) is 10.4. The van der Waals surface area contributed by atoms with Crippen molar-refractivity contribution in [3.8, 4) is 0 Å². The normalized spacial score (nSPS) is 19.0. The van der Waals surface area contributed by atoms with Crippen LogP contribution in [0.15, 0.2) is 18.3 Å². The van der Waals surface area contributed by atoms with Gasteiger partial charge in [-0.3, -0.25) is 9.78 Å². The summed E-state index contributed by atoms with van der Waals surface area (Å²) >= 11 is 5.73. The number of aromatic nitrogens is 1. The van der Waals surface area contributed by atoms with Crippen molar-refractivity contribution < 1.29 is 9.90 Å². The number of carboxylic acid groups (broad SMARTS) is 1. The van der Waals surface area contributed by atoms with Crippen LogP contribution in [-0.4, -0.2) is 16.1 Å². The average molecular weight is 226 g/mol. The van der Waals surface area contributed by atoms with Crippen LogP contribution >= 0.6 is 11.6 Å². The lowest BCUT2D eigenvalue weighted by atomic mass is 9.82. The van der Waals surface area contributed by atoms with E-state index in [-0.39, 0.29) is 0 Å². The van der Waals surface area contributed by atoms with E-state index in [9.17, 15) is 9.90 Å². The van der Waals surface area contributed by atoms with Crippen molar-refractivity contribution in [1.29, 1.82) is 0 Å². The first-order chi connectivity index (χ1) is 7.15. The molecular formula is C11H12ClNO2. The number of carbonyl (C=O) groups is 1. The highest BCUT2D eigenvalue weighted by atomic mass is 35.5. The Bertz CT molecular complexity index is 369. The first-order valence-electron chi connectivity index (χ1n) is 5.00. The smallest absolute Gasteiger partial charge is 0.315 e. The number of rotatable bonds is 2. The summed E-state index contributed by atoms with van der Waals surface area (Å²) in [7, 11) is 0. The molecule has 1 fully saturated rings. The maximum atomic E-state index is 11.3. The van der Waals surface area contributed by atoms with Crippen LogP contribution in [0.3, 0.4) is 0 Å².